The van der Waals surface area contributed by atoms with E-state index in [1.807, 2.05) is 45.0 Å². The van der Waals surface area contributed by atoms with Crippen molar-refractivity contribution in [2.45, 2.75) is 20.8 Å². The van der Waals surface area contributed by atoms with Crippen LogP contribution in [-0.2, 0) is 9.53 Å². The molecule has 8 heteroatoms. The number of nitrogens with zero attached hydrogens (tertiary/aromatic N) is 1. The summed E-state index contributed by atoms with van der Waals surface area (Å²) >= 11 is 1.31. The van der Waals surface area contributed by atoms with Gasteiger partial charge in [-0.25, -0.2) is 14.6 Å². The van der Waals surface area contributed by atoms with Crippen LogP contribution in [0.4, 0.5) is 4.79 Å². The molecule has 1 heterocycles. The van der Waals surface area contributed by atoms with E-state index in [1.54, 1.807) is 5.38 Å². The molecule has 1 aromatic heterocycles. The molecule has 0 aliphatic rings. The number of amides is 3. The molecule has 0 aliphatic heterocycles. The van der Waals surface area contributed by atoms with Crippen molar-refractivity contribution in [1.29, 1.82) is 0 Å². The Labute approximate surface area is 155 Å². The molecule has 0 fully saturated rings. The van der Waals surface area contributed by atoms with Crippen LogP contribution in [0.15, 0.2) is 29.6 Å². The van der Waals surface area contributed by atoms with Gasteiger partial charge in [0.25, 0.3) is 5.91 Å². The van der Waals surface area contributed by atoms with Crippen molar-refractivity contribution in [3.8, 4) is 10.6 Å². The van der Waals surface area contributed by atoms with Gasteiger partial charge in [-0.2, -0.15) is 0 Å². The topological polar surface area (TPSA) is 97.4 Å². The summed E-state index contributed by atoms with van der Waals surface area (Å²) in [6.07, 6.45) is 0. The maximum absolute atomic E-state index is 12.0. The molecule has 1 aromatic carbocycles. The summed E-state index contributed by atoms with van der Waals surface area (Å²) in [4.78, 5) is 39.3. The number of urea groups is 1. The Morgan fingerprint density at radius 3 is 2.54 bits per heavy atom. The van der Waals surface area contributed by atoms with E-state index in [9.17, 15) is 14.4 Å². The van der Waals surface area contributed by atoms with Crippen LogP contribution in [0.1, 0.15) is 29.9 Å². The van der Waals surface area contributed by atoms with Crippen molar-refractivity contribution >= 4 is 29.2 Å². The molecule has 0 unspecified atom stereocenters. The number of hydrogen-bond donors (Lipinski definition) is 2. The van der Waals surface area contributed by atoms with Crippen LogP contribution in [0.2, 0.25) is 0 Å². The second kappa shape index (κ2) is 9.10. The minimum atomic E-state index is -0.711. The van der Waals surface area contributed by atoms with Crippen LogP contribution >= 0.6 is 11.3 Å². The largest absolute Gasteiger partial charge is 0.451 e. The van der Waals surface area contributed by atoms with E-state index < -0.39 is 24.5 Å². The predicted molar refractivity (Wildman–Crippen MR) is 98.9 cm³/mol. The third-order valence-electron chi connectivity index (χ3n) is 3.27. The molecule has 7 nitrogen and oxygen atoms in total. The number of carbonyl (C=O) groups is 3. The third kappa shape index (κ3) is 5.96. The molecule has 0 aliphatic carbocycles. The predicted octanol–water partition coefficient (Wildman–Crippen LogP) is 2.76. The lowest BCUT2D eigenvalue weighted by Crippen LogP contribution is -2.42. The van der Waals surface area contributed by atoms with E-state index in [0.29, 0.717) is 11.6 Å². The van der Waals surface area contributed by atoms with Crippen molar-refractivity contribution in [2.75, 3.05) is 13.2 Å². The average Bonchev–Trinajstić information content (AvgIpc) is 3.08. The summed E-state index contributed by atoms with van der Waals surface area (Å²) in [7, 11) is 0. The Bertz CT molecular complexity index is 784. The highest BCUT2D eigenvalue weighted by Crippen LogP contribution is 2.24. The summed E-state index contributed by atoms with van der Waals surface area (Å²) in [5.74, 6) is -1.15. The maximum atomic E-state index is 12.0. The van der Waals surface area contributed by atoms with Gasteiger partial charge in [-0.3, -0.25) is 10.1 Å². The minimum Gasteiger partial charge on any atom is -0.451 e. The summed E-state index contributed by atoms with van der Waals surface area (Å²) in [6.45, 7) is 5.75. The fourth-order valence-corrected chi connectivity index (χ4v) is 2.70. The molecule has 2 N–H and O–H groups in total. The Balaban J connectivity index is 1.83. The third-order valence-corrected chi connectivity index (χ3v) is 4.16. The molecule has 0 saturated carbocycles. The van der Waals surface area contributed by atoms with Crippen molar-refractivity contribution in [3.63, 3.8) is 0 Å². The van der Waals surface area contributed by atoms with E-state index >= 15 is 0 Å². The van der Waals surface area contributed by atoms with E-state index in [-0.39, 0.29) is 11.6 Å². The SMILES string of the molecule is Cc1ccc(-c2nc(C(=O)OCC(=O)NC(=O)NCC(C)C)cs2)cc1. The molecule has 26 heavy (non-hydrogen) atoms. The van der Waals surface area contributed by atoms with Gasteiger partial charge in [0.1, 0.15) is 5.01 Å². The number of ether oxygens (including phenoxy) is 1. The lowest BCUT2D eigenvalue weighted by atomic mass is 10.2. The summed E-state index contributed by atoms with van der Waals surface area (Å²) in [5.41, 5.74) is 2.16. The van der Waals surface area contributed by atoms with Crippen LogP contribution < -0.4 is 10.6 Å². The zero-order chi connectivity index (χ0) is 19.1. The molecule has 0 saturated heterocycles. The number of hydrogen-bond acceptors (Lipinski definition) is 6. The number of imide groups is 1. The van der Waals surface area contributed by atoms with Gasteiger partial charge in [-0.1, -0.05) is 43.7 Å². The molecule has 0 bridgehead atoms. The van der Waals surface area contributed by atoms with Gasteiger partial charge in [0.15, 0.2) is 12.3 Å². The monoisotopic (exact) mass is 375 g/mol. The highest BCUT2D eigenvalue weighted by molar-refractivity contribution is 7.13. The first-order chi connectivity index (χ1) is 12.3. The first-order valence-electron chi connectivity index (χ1n) is 8.12. The first-order valence-corrected chi connectivity index (χ1v) is 9.00. The minimum absolute atomic E-state index is 0.127. The van der Waals surface area contributed by atoms with Gasteiger partial charge >= 0.3 is 12.0 Å². The molecular formula is C18H21N3O4S. The number of aromatic nitrogens is 1. The van der Waals surface area contributed by atoms with E-state index in [0.717, 1.165) is 11.1 Å². The number of benzene rings is 1. The maximum Gasteiger partial charge on any atom is 0.358 e. The Morgan fingerprint density at radius 2 is 1.88 bits per heavy atom. The zero-order valence-corrected chi connectivity index (χ0v) is 15.7. The van der Waals surface area contributed by atoms with Crippen LogP contribution in [0, 0.1) is 12.8 Å². The second-order valence-electron chi connectivity index (χ2n) is 6.13. The summed E-state index contributed by atoms with van der Waals surface area (Å²) in [6, 6.07) is 7.15. The number of carbonyl (C=O) groups excluding carboxylic acids is 3. The van der Waals surface area contributed by atoms with Gasteiger partial charge < -0.3 is 10.1 Å². The number of rotatable bonds is 6. The highest BCUT2D eigenvalue weighted by Gasteiger charge is 2.16. The summed E-state index contributed by atoms with van der Waals surface area (Å²) in [5, 5.41) is 6.89. The van der Waals surface area contributed by atoms with Crippen molar-refractivity contribution in [3.05, 3.63) is 40.9 Å². The number of thiazole rings is 1. The van der Waals surface area contributed by atoms with Gasteiger partial charge in [-0.15, -0.1) is 11.3 Å². The van der Waals surface area contributed by atoms with Crippen molar-refractivity contribution in [2.24, 2.45) is 5.92 Å². The molecule has 0 radical (unpaired) electrons. The standard InChI is InChI=1S/C18H21N3O4S/c1-11(2)8-19-18(24)21-15(22)9-25-17(23)14-10-26-16(20-14)13-6-4-12(3)5-7-13/h4-7,10-11H,8-9H2,1-3H3,(H2,19,21,22,24). The van der Waals surface area contributed by atoms with Crippen molar-refractivity contribution < 1.29 is 19.1 Å². The molecule has 0 spiro atoms. The van der Waals surface area contributed by atoms with Gasteiger partial charge in [0.05, 0.1) is 0 Å². The first kappa shape index (κ1) is 19.6. The Hall–Kier alpha value is -2.74. The number of aryl methyl sites for hydroxylation is 1. The number of esters is 1. The Morgan fingerprint density at radius 1 is 1.19 bits per heavy atom. The van der Waals surface area contributed by atoms with Gasteiger partial charge in [0, 0.05) is 17.5 Å². The molecule has 2 aromatic rings. The average molecular weight is 375 g/mol. The molecule has 3 amide bonds. The molecule has 0 atom stereocenters. The Kier molecular flexibility index (Phi) is 6.85. The lowest BCUT2D eigenvalue weighted by Gasteiger charge is -2.08. The smallest absolute Gasteiger partial charge is 0.358 e. The lowest BCUT2D eigenvalue weighted by molar-refractivity contribution is -0.123. The van der Waals surface area contributed by atoms with Crippen molar-refractivity contribution in [1.82, 2.24) is 15.6 Å². The zero-order valence-electron chi connectivity index (χ0n) is 14.9. The van der Waals surface area contributed by atoms with Gasteiger partial charge in [-0.05, 0) is 12.8 Å². The fourth-order valence-electron chi connectivity index (χ4n) is 1.90. The summed E-state index contributed by atoms with van der Waals surface area (Å²) < 4.78 is 4.90. The normalized spacial score (nSPS) is 10.5. The van der Waals surface area contributed by atoms with E-state index in [2.05, 4.69) is 15.6 Å². The second-order valence-corrected chi connectivity index (χ2v) is 6.99. The fraction of sp³-hybridized carbons (Fsp3) is 0.333. The van der Waals surface area contributed by atoms with Gasteiger partial charge in [0.2, 0.25) is 0 Å². The van der Waals surface area contributed by atoms with E-state index in [4.69, 9.17) is 4.74 Å². The van der Waals surface area contributed by atoms with Crippen LogP contribution in [0.3, 0.4) is 0 Å². The van der Waals surface area contributed by atoms with E-state index in [1.165, 1.54) is 11.3 Å². The van der Waals surface area contributed by atoms with Crippen LogP contribution in [0.25, 0.3) is 10.6 Å². The van der Waals surface area contributed by atoms with Crippen LogP contribution in [-0.4, -0.2) is 36.0 Å². The molecule has 2 rings (SSSR count). The highest BCUT2D eigenvalue weighted by atomic mass is 32.1. The quantitative estimate of drug-likeness (QED) is 0.757. The number of nitrogens with one attached hydrogen (secondary N) is 2. The molecular weight excluding hydrogens is 354 g/mol. The van der Waals surface area contributed by atoms with Crippen LogP contribution in [0.5, 0.6) is 0 Å². The molecule has 138 valence electrons.